The second kappa shape index (κ2) is 3.72. The van der Waals surface area contributed by atoms with E-state index in [1.165, 1.54) is 45.2 Å². The number of rotatable bonds is 4. The molecule has 3 nitrogen and oxygen atoms in total. The summed E-state index contributed by atoms with van der Waals surface area (Å²) < 4.78 is 0. The fourth-order valence-electron chi connectivity index (χ4n) is 3.24. The van der Waals surface area contributed by atoms with Crippen LogP contribution in [0.4, 0.5) is 0 Å². The summed E-state index contributed by atoms with van der Waals surface area (Å²) in [5.74, 6) is 0. The summed E-state index contributed by atoms with van der Waals surface area (Å²) in [6.45, 7) is 4.02. The molecule has 15 heavy (non-hydrogen) atoms. The first-order chi connectivity index (χ1) is 7.33. The fourth-order valence-corrected chi connectivity index (χ4v) is 3.24. The van der Waals surface area contributed by atoms with E-state index < -0.39 is 0 Å². The van der Waals surface area contributed by atoms with Gasteiger partial charge in [-0.3, -0.25) is 4.90 Å². The highest BCUT2D eigenvalue weighted by Gasteiger charge is 2.44. The molecule has 86 valence electrons. The van der Waals surface area contributed by atoms with Gasteiger partial charge in [0.25, 0.3) is 0 Å². The third-order valence-electron chi connectivity index (χ3n) is 4.64. The van der Waals surface area contributed by atoms with E-state index in [0.29, 0.717) is 12.6 Å². The molecule has 1 aliphatic carbocycles. The van der Waals surface area contributed by atoms with Gasteiger partial charge in [0.2, 0.25) is 0 Å². The predicted molar refractivity (Wildman–Crippen MR) is 59.8 cm³/mol. The van der Waals surface area contributed by atoms with Crippen LogP contribution in [0.2, 0.25) is 0 Å². The molecule has 0 radical (unpaired) electrons. The first-order valence-electron chi connectivity index (χ1n) is 6.41. The van der Waals surface area contributed by atoms with Gasteiger partial charge in [0.05, 0.1) is 0 Å². The molecule has 2 N–H and O–H groups in total. The molecule has 2 unspecified atom stereocenters. The number of aliphatic hydroxyl groups excluding tert-OH is 1. The Morgan fingerprint density at radius 2 is 2.13 bits per heavy atom. The number of aliphatic hydroxyl groups is 1. The maximum atomic E-state index is 9.27. The van der Waals surface area contributed by atoms with E-state index in [-0.39, 0.29) is 5.41 Å². The van der Waals surface area contributed by atoms with Gasteiger partial charge in [-0.25, -0.2) is 0 Å². The van der Waals surface area contributed by atoms with Crippen LogP contribution < -0.4 is 5.32 Å². The van der Waals surface area contributed by atoms with Gasteiger partial charge in [0, 0.05) is 37.2 Å². The number of nitrogens with zero attached hydrogens (tertiary/aromatic N) is 1. The van der Waals surface area contributed by atoms with Crippen LogP contribution in [0.3, 0.4) is 0 Å². The second-order valence-electron chi connectivity index (χ2n) is 5.68. The Bertz CT molecular complexity index is 240. The molecule has 0 aromatic rings. The maximum Gasteiger partial charge on any atom is 0.0499 e. The lowest BCUT2D eigenvalue weighted by molar-refractivity contribution is 0.199. The molecule has 2 atom stereocenters. The Balaban J connectivity index is 1.51. The van der Waals surface area contributed by atoms with Crippen LogP contribution in [-0.2, 0) is 0 Å². The minimum Gasteiger partial charge on any atom is -0.396 e. The van der Waals surface area contributed by atoms with E-state index in [1.54, 1.807) is 0 Å². The molecule has 3 heteroatoms. The molecule has 0 spiro atoms. The van der Waals surface area contributed by atoms with Crippen LogP contribution in [0, 0.1) is 5.41 Å². The molecule has 0 bridgehead atoms. The zero-order valence-electron chi connectivity index (χ0n) is 9.41. The van der Waals surface area contributed by atoms with Crippen LogP contribution in [0.25, 0.3) is 0 Å². The average molecular weight is 210 g/mol. The first kappa shape index (κ1) is 10.1. The van der Waals surface area contributed by atoms with Crippen molar-refractivity contribution in [1.82, 2.24) is 10.2 Å². The van der Waals surface area contributed by atoms with E-state index in [9.17, 15) is 5.11 Å². The molecule has 3 rings (SSSR count). The van der Waals surface area contributed by atoms with E-state index in [0.717, 1.165) is 12.6 Å². The Kier molecular flexibility index (Phi) is 2.49. The summed E-state index contributed by atoms with van der Waals surface area (Å²) in [6, 6.07) is 1.51. The molecule has 3 fully saturated rings. The Morgan fingerprint density at radius 3 is 2.87 bits per heavy atom. The maximum absolute atomic E-state index is 9.27. The summed E-state index contributed by atoms with van der Waals surface area (Å²) in [6.07, 6.45) is 6.51. The van der Waals surface area contributed by atoms with E-state index >= 15 is 0 Å². The third-order valence-corrected chi connectivity index (χ3v) is 4.64. The second-order valence-corrected chi connectivity index (χ2v) is 5.68. The van der Waals surface area contributed by atoms with Crippen molar-refractivity contribution in [3.05, 3.63) is 0 Å². The highest BCUT2D eigenvalue weighted by atomic mass is 16.3. The number of nitrogens with one attached hydrogen (secondary N) is 1. The standard InChI is InChI=1S/C12H22N2O/c15-9-12(4-5-12)8-13-10-3-7-14-6-1-2-11(10)14/h10-11,13,15H,1-9H2. The van der Waals surface area contributed by atoms with E-state index in [4.69, 9.17) is 0 Å². The number of hydrogen-bond acceptors (Lipinski definition) is 3. The smallest absolute Gasteiger partial charge is 0.0499 e. The lowest BCUT2D eigenvalue weighted by Gasteiger charge is -2.23. The first-order valence-corrected chi connectivity index (χ1v) is 6.41. The summed E-state index contributed by atoms with van der Waals surface area (Å²) in [5, 5.41) is 13.0. The Labute approximate surface area is 91.8 Å². The molecule has 2 aliphatic heterocycles. The molecule has 3 aliphatic rings. The summed E-state index contributed by atoms with van der Waals surface area (Å²) in [4.78, 5) is 2.64. The fraction of sp³-hybridized carbons (Fsp3) is 1.00. The molecule has 0 amide bonds. The Morgan fingerprint density at radius 1 is 1.27 bits per heavy atom. The van der Waals surface area contributed by atoms with E-state index in [1.807, 2.05) is 0 Å². The molecule has 2 saturated heterocycles. The molecular weight excluding hydrogens is 188 g/mol. The number of hydrogen-bond donors (Lipinski definition) is 2. The van der Waals surface area contributed by atoms with Crippen molar-refractivity contribution < 1.29 is 5.11 Å². The number of fused-ring (bicyclic) bond motifs is 1. The molecular formula is C12H22N2O. The SMILES string of the molecule is OCC1(CNC2CCN3CCCC23)CC1. The van der Waals surface area contributed by atoms with Gasteiger partial charge in [-0.2, -0.15) is 0 Å². The van der Waals surface area contributed by atoms with Gasteiger partial charge in [-0.05, 0) is 38.6 Å². The van der Waals surface area contributed by atoms with Crippen LogP contribution in [0.1, 0.15) is 32.1 Å². The van der Waals surface area contributed by atoms with Crippen molar-refractivity contribution in [1.29, 1.82) is 0 Å². The quantitative estimate of drug-likeness (QED) is 0.713. The van der Waals surface area contributed by atoms with Crippen molar-refractivity contribution >= 4 is 0 Å². The summed E-state index contributed by atoms with van der Waals surface area (Å²) in [7, 11) is 0. The molecule has 2 heterocycles. The minimum absolute atomic E-state index is 0.270. The summed E-state index contributed by atoms with van der Waals surface area (Å²) >= 11 is 0. The van der Waals surface area contributed by atoms with E-state index in [2.05, 4.69) is 10.2 Å². The van der Waals surface area contributed by atoms with Crippen LogP contribution in [-0.4, -0.2) is 48.3 Å². The molecule has 1 saturated carbocycles. The van der Waals surface area contributed by atoms with Crippen LogP contribution in [0.15, 0.2) is 0 Å². The monoisotopic (exact) mass is 210 g/mol. The molecule has 0 aromatic heterocycles. The predicted octanol–water partition coefficient (Wildman–Crippen LogP) is 0.585. The van der Waals surface area contributed by atoms with Crippen LogP contribution in [0.5, 0.6) is 0 Å². The zero-order chi connectivity index (χ0) is 10.3. The topological polar surface area (TPSA) is 35.5 Å². The Hall–Kier alpha value is -0.120. The largest absolute Gasteiger partial charge is 0.396 e. The highest BCUT2D eigenvalue weighted by molar-refractivity contribution is 4.99. The highest BCUT2D eigenvalue weighted by Crippen LogP contribution is 2.44. The average Bonchev–Trinajstić information content (AvgIpc) is 2.71. The molecule has 0 aromatic carbocycles. The van der Waals surface area contributed by atoms with Gasteiger partial charge in [0.1, 0.15) is 0 Å². The summed E-state index contributed by atoms with van der Waals surface area (Å²) in [5.41, 5.74) is 0.270. The normalized spacial score (nSPS) is 38.2. The van der Waals surface area contributed by atoms with Gasteiger partial charge >= 0.3 is 0 Å². The van der Waals surface area contributed by atoms with Gasteiger partial charge in [-0.1, -0.05) is 0 Å². The van der Waals surface area contributed by atoms with Crippen molar-refractivity contribution in [2.45, 2.75) is 44.2 Å². The lowest BCUT2D eigenvalue weighted by Crippen LogP contribution is -2.42. The van der Waals surface area contributed by atoms with Crippen molar-refractivity contribution in [2.75, 3.05) is 26.2 Å². The third kappa shape index (κ3) is 1.81. The van der Waals surface area contributed by atoms with Crippen LogP contribution >= 0.6 is 0 Å². The minimum atomic E-state index is 0.270. The van der Waals surface area contributed by atoms with Gasteiger partial charge < -0.3 is 10.4 Å². The van der Waals surface area contributed by atoms with Crippen molar-refractivity contribution in [3.8, 4) is 0 Å². The van der Waals surface area contributed by atoms with Crippen molar-refractivity contribution in [2.24, 2.45) is 5.41 Å². The van der Waals surface area contributed by atoms with Crippen molar-refractivity contribution in [3.63, 3.8) is 0 Å². The lowest BCUT2D eigenvalue weighted by atomic mass is 10.0. The van der Waals surface area contributed by atoms with Gasteiger partial charge in [0.15, 0.2) is 0 Å². The zero-order valence-corrected chi connectivity index (χ0v) is 9.41. The van der Waals surface area contributed by atoms with Gasteiger partial charge in [-0.15, -0.1) is 0 Å².